The molecule has 5 heteroatoms. The highest BCUT2D eigenvalue weighted by molar-refractivity contribution is 7.85. The van der Waals surface area contributed by atoms with E-state index in [1.54, 1.807) is 6.20 Å². The minimum Gasteiger partial charge on any atom is -0.354 e. The Kier molecular flexibility index (Phi) is 3.21. The maximum Gasteiger partial charge on any atom is 0.127 e. The van der Waals surface area contributed by atoms with Crippen molar-refractivity contribution in [3.8, 4) is 0 Å². The van der Waals surface area contributed by atoms with Gasteiger partial charge in [0.25, 0.3) is 0 Å². The number of fused-ring (bicyclic) bond motifs is 1. The summed E-state index contributed by atoms with van der Waals surface area (Å²) in [6.07, 6.45) is 1.73. The minimum atomic E-state index is -1.10. The molecule has 1 aliphatic heterocycles. The molecule has 1 unspecified atom stereocenters. The highest BCUT2D eigenvalue weighted by Crippen LogP contribution is 2.35. The van der Waals surface area contributed by atoms with E-state index in [1.165, 1.54) is 0 Å². The maximum absolute atomic E-state index is 12.5. The first kappa shape index (κ1) is 12.2. The predicted molar refractivity (Wildman–Crippen MR) is 78.3 cm³/mol. The second-order valence-electron chi connectivity index (χ2n) is 4.49. The first-order valence-corrected chi connectivity index (χ1v) is 7.39. The van der Waals surface area contributed by atoms with Crippen molar-refractivity contribution in [2.24, 2.45) is 0 Å². The van der Waals surface area contributed by atoms with Gasteiger partial charge in [-0.2, -0.15) is 0 Å². The zero-order valence-corrected chi connectivity index (χ0v) is 11.5. The molecular formula is C14H15N3OS. The fraction of sp³-hybridized carbons (Fsp3) is 0.214. The van der Waals surface area contributed by atoms with Crippen LogP contribution in [0.15, 0.2) is 48.7 Å². The summed E-state index contributed by atoms with van der Waals surface area (Å²) in [5.74, 6) is 0.447. The number of aromatic nitrogens is 1. The molecule has 2 heterocycles. The van der Waals surface area contributed by atoms with Crippen LogP contribution in [-0.2, 0) is 16.7 Å². The van der Waals surface area contributed by atoms with Crippen molar-refractivity contribution < 1.29 is 4.21 Å². The van der Waals surface area contributed by atoms with E-state index in [1.807, 2.05) is 53.8 Å². The van der Waals surface area contributed by atoms with Gasteiger partial charge in [-0.1, -0.05) is 18.2 Å². The third-order valence-electron chi connectivity index (χ3n) is 3.15. The molecule has 0 radical (unpaired) electrons. The van der Waals surface area contributed by atoms with Gasteiger partial charge in [-0.25, -0.2) is 4.21 Å². The van der Waals surface area contributed by atoms with Crippen molar-refractivity contribution in [3.05, 3.63) is 54.4 Å². The second kappa shape index (κ2) is 5.01. The zero-order valence-electron chi connectivity index (χ0n) is 10.7. The quantitative estimate of drug-likeness (QED) is 0.860. The second-order valence-corrected chi connectivity index (χ2v) is 5.87. The van der Waals surface area contributed by atoms with Gasteiger partial charge in [0.05, 0.1) is 22.8 Å². The van der Waals surface area contributed by atoms with Crippen LogP contribution in [0.3, 0.4) is 0 Å². The molecule has 19 heavy (non-hydrogen) atoms. The Morgan fingerprint density at radius 2 is 1.89 bits per heavy atom. The van der Waals surface area contributed by atoms with Crippen LogP contribution in [0.4, 0.5) is 11.4 Å². The number of nitrogens with zero attached hydrogens (tertiary/aromatic N) is 3. The Bertz CT molecular complexity index is 603. The van der Waals surface area contributed by atoms with E-state index in [0.717, 1.165) is 17.1 Å². The van der Waals surface area contributed by atoms with E-state index in [0.29, 0.717) is 12.4 Å². The topological polar surface area (TPSA) is 36.4 Å². The van der Waals surface area contributed by atoms with Gasteiger partial charge in [0.1, 0.15) is 17.7 Å². The molecule has 1 aliphatic rings. The fourth-order valence-corrected chi connectivity index (χ4v) is 3.46. The SMILES string of the molecule is CN1CN(S(=O)Cc2ccccn2)c2ccccc21. The molecule has 0 aliphatic carbocycles. The number of anilines is 2. The maximum atomic E-state index is 12.5. The van der Waals surface area contributed by atoms with E-state index in [4.69, 9.17) is 0 Å². The van der Waals surface area contributed by atoms with E-state index < -0.39 is 11.0 Å². The van der Waals surface area contributed by atoms with Crippen LogP contribution in [0.2, 0.25) is 0 Å². The van der Waals surface area contributed by atoms with Crippen molar-refractivity contribution in [3.63, 3.8) is 0 Å². The number of rotatable bonds is 3. The summed E-state index contributed by atoms with van der Waals surface area (Å²) in [7, 11) is 0.911. The molecule has 1 aromatic carbocycles. The highest BCUT2D eigenvalue weighted by atomic mass is 32.2. The lowest BCUT2D eigenvalue weighted by Gasteiger charge is -2.17. The Balaban J connectivity index is 1.83. The van der Waals surface area contributed by atoms with E-state index >= 15 is 0 Å². The summed E-state index contributed by atoms with van der Waals surface area (Å²) in [5.41, 5.74) is 3.00. The Morgan fingerprint density at radius 3 is 2.63 bits per heavy atom. The number of hydrogen-bond acceptors (Lipinski definition) is 3. The van der Waals surface area contributed by atoms with Crippen molar-refractivity contribution in [1.82, 2.24) is 4.98 Å². The van der Waals surface area contributed by atoms with Crippen LogP contribution >= 0.6 is 0 Å². The van der Waals surface area contributed by atoms with Crippen molar-refractivity contribution >= 4 is 22.4 Å². The van der Waals surface area contributed by atoms with Crippen molar-refractivity contribution in [2.75, 3.05) is 22.9 Å². The van der Waals surface area contributed by atoms with Crippen LogP contribution < -0.4 is 9.21 Å². The molecule has 1 aromatic heterocycles. The lowest BCUT2D eigenvalue weighted by Crippen LogP contribution is -2.30. The number of hydrogen-bond donors (Lipinski definition) is 0. The summed E-state index contributed by atoms with van der Waals surface area (Å²) >= 11 is 0. The first-order chi connectivity index (χ1) is 9.25. The Labute approximate surface area is 115 Å². The molecule has 0 saturated heterocycles. The van der Waals surface area contributed by atoms with E-state index in [-0.39, 0.29) is 0 Å². The van der Waals surface area contributed by atoms with Gasteiger partial charge in [-0.3, -0.25) is 9.29 Å². The summed E-state index contributed by atoms with van der Waals surface area (Å²) in [5, 5.41) is 0. The van der Waals surface area contributed by atoms with Gasteiger partial charge >= 0.3 is 0 Å². The van der Waals surface area contributed by atoms with Crippen LogP contribution in [0.1, 0.15) is 5.69 Å². The molecule has 0 spiro atoms. The third-order valence-corrected chi connectivity index (χ3v) is 4.49. The van der Waals surface area contributed by atoms with Crippen molar-refractivity contribution in [1.29, 1.82) is 0 Å². The van der Waals surface area contributed by atoms with Crippen molar-refractivity contribution in [2.45, 2.75) is 5.75 Å². The van der Waals surface area contributed by atoms with Gasteiger partial charge in [0, 0.05) is 13.2 Å². The number of benzene rings is 1. The average molecular weight is 273 g/mol. The van der Waals surface area contributed by atoms with E-state index in [2.05, 4.69) is 9.88 Å². The molecule has 4 nitrogen and oxygen atoms in total. The summed E-state index contributed by atoms with van der Waals surface area (Å²) < 4.78 is 14.4. The summed E-state index contributed by atoms with van der Waals surface area (Å²) in [6, 6.07) is 13.7. The lowest BCUT2D eigenvalue weighted by molar-refractivity contribution is 0.678. The third kappa shape index (κ3) is 2.33. The molecule has 0 fully saturated rings. The normalized spacial score (nSPS) is 15.4. The lowest BCUT2D eigenvalue weighted by atomic mass is 10.3. The molecule has 0 N–H and O–H groups in total. The highest BCUT2D eigenvalue weighted by Gasteiger charge is 2.26. The standard InChI is InChI=1S/C14H15N3OS/c1-16-11-17(14-8-3-2-7-13(14)16)19(18)10-12-6-4-5-9-15-12/h2-9H,10-11H2,1H3. The smallest absolute Gasteiger partial charge is 0.127 e. The first-order valence-electron chi connectivity index (χ1n) is 6.12. The molecule has 0 saturated carbocycles. The summed E-state index contributed by atoms with van der Waals surface area (Å²) in [6.45, 7) is 0.652. The van der Waals surface area contributed by atoms with Crippen LogP contribution in [-0.4, -0.2) is 22.9 Å². The predicted octanol–water partition coefficient (Wildman–Crippen LogP) is 2.16. The monoisotopic (exact) mass is 273 g/mol. The molecule has 3 rings (SSSR count). The molecule has 0 bridgehead atoms. The van der Waals surface area contributed by atoms with Gasteiger partial charge < -0.3 is 4.90 Å². The molecule has 0 amide bonds. The Morgan fingerprint density at radius 1 is 1.16 bits per heavy atom. The number of pyridine rings is 1. The summed E-state index contributed by atoms with van der Waals surface area (Å²) in [4.78, 5) is 6.33. The van der Waals surface area contributed by atoms with Crippen LogP contribution in [0.25, 0.3) is 0 Å². The zero-order chi connectivity index (χ0) is 13.2. The van der Waals surface area contributed by atoms with Crippen LogP contribution in [0.5, 0.6) is 0 Å². The minimum absolute atomic E-state index is 0.447. The fourth-order valence-electron chi connectivity index (χ4n) is 2.20. The van der Waals surface area contributed by atoms with Gasteiger partial charge in [-0.05, 0) is 24.3 Å². The number of para-hydroxylation sites is 2. The average Bonchev–Trinajstić information content (AvgIpc) is 2.78. The van der Waals surface area contributed by atoms with Gasteiger partial charge in [0.15, 0.2) is 0 Å². The van der Waals surface area contributed by atoms with E-state index in [9.17, 15) is 4.21 Å². The molecule has 1 atom stereocenters. The van der Waals surface area contributed by atoms with Crippen LogP contribution in [0, 0.1) is 0 Å². The molecule has 98 valence electrons. The van der Waals surface area contributed by atoms with Gasteiger partial charge in [-0.15, -0.1) is 0 Å². The van der Waals surface area contributed by atoms with Gasteiger partial charge in [0.2, 0.25) is 0 Å². The molecular weight excluding hydrogens is 258 g/mol. The Hall–Kier alpha value is -1.88. The largest absolute Gasteiger partial charge is 0.354 e. The molecule has 2 aromatic rings.